The van der Waals surface area contributed by atoms with E-state index in [9.17, 15) is 23.1 Å². The van der Waals surface area contributed by atoms with Crippen LogP contribution in [0.3, 0.4) is 0 Å². The van der Waals surface area contributed by atoms with E-state index in [1.54, 1.807) is 10.9 Å². The minimum absolute atomic E-state index is 0.173. The molecule has 1 N–H and O–H groups in total. The van der Waals surface area contributed by atoms with Crippen LogP contribution in [-0.2, 0) is 31.3 Å². The molecular weight excluding hydrogens is 517 g/mol. The van der Waals surface area contributed by atoms with E-state index in [1.165, 1.54) is 0 Å². The summed E-state index contributed by atoms with van der Waals surface area (Å²) in [6, 6.07) is 30.2. The van der Waals surface area contributed by atoms with Crippen LogP contribution in [0.1, 0.15) is 38.4 Å². The van der Waals surface area contributed by atoms with Crippen LogP contribution in [0.2, 0.25) is 0 Å². The highest BCUT2D eigenvalue weighted by Gasteiger charge is 2.39. The summed E-state index contributed by atoms with van der Waals surface area (Å²) in [5.74, 6) is -1.34. The molecular formula is C31H25F3N4O2. The van der Waals surface area contributed by atoms with Gasteiger partial charge in [-0.1, -0.05) is 91.0 Å². The fourth-order valence-electron chi connectivity index (χ4n) is 5.85. The number of nitrogens with zero attached hydrogens (tertiary/aromatic N) is 4. The summed E-state index contributed by atoms with van der Waals surface area (Å²) in [5, 5.41) is 18.4. The molecule has 202 valence electrons. The van der Waals surface area contributed by atoms with E-state index in [4.69, 9.17) is 5.10 Å². The van der Waals surface area contributed by atoms with Gasteiger partial charge in [0.25, 0.3) is 0 Å². The fourth-order valence-corrected chi connectivity index (χ4v) is 5.85. The Balaban J connectivity index is 1.53. The lowest BCUT2D eigenvalue weighted by Gasteiger charge is -2.36. The van der Waals surface area contributed by atoms with Crippen molar-refractivity contribution in [1.29, 1.82) is 0 Å². The number of aromatic nitrogens is 4. The van der Waals surface area contributed by atoms with E-state index >= 15 is 0 Å². The molecule has 3 aromatic carbocycles. The third-order valence-electron chi connectivity index (χ3n) is 7.49. The van der Waals surface area contributed by atoms with Gasteiger partial charge in [-0.3, -0.25) is 9.36 Å². The number of aromatic carboxylic acids is 1. The maximum Gasteiger partial charge on any atom is 0.408 e. The number of hydrogen-bond donors (Lipinski definition) is 1. The third kappa shape index (κ3) is 4.47. The van der Waals surface area contributed by atoms with Crippen LogP contribution in [0, 0.1) is 0 Å². The highest BCUT2D eigenvalue weighted by Crippen LogP contribution is 2.42. The van der Waals surface area contributed by atoms with Crippen LogP contribution in [0.4, 0.5) is 13.2 Å². The lowest BCUT2D eigenvalue weighted by molar-refractivity contribution is -0.142. The van der Waals surface area contributed by atoms with Gasteiger partial charge in [0.15, 0.2) is 5.69 Å². The SMILES string of the molecule is O=C(O)c1nn(CC(F)(F)F)c2c1CCc1nn(CC(c3ccccc3)(c3ccccc3)c3ccccc3)cc1-2. The van der Waals surface area contributed by atoms with Crippen molar-refractivity contribution in [3.05, 3.63) is 131 Å². The molecule has 1 aliphatic rings. The zero-order valence-corrected chi connectivity index (χ0v) is 21.3. The fraction of sp³-hybridized carbons (Fsp3) is 0.194. The van der Waals surface area contributed by atoms with Gasteiger partial charge in [-0.15, -0.1) is 0 Å². The predicted molar refractivity (Wildman–Crippen MR) is 143 cm³/mol. The van der Waals surface area contributed by atoms with Crippen molar-refractivity contribution in [3.8, 4) is 11.3 Å². The first-order valence-electron chi connectivity index (χ1n) is 12.9. The second kappa shape index (κ2) is 9.82. The molecule has 0 atom stereocenters. The van der Waals surface area contributed by atoms with Gasteiger partial charge in [0.1, 0.15) is 6.54 Å². The topological polar surface area (TPSA) is 72.9 Å². The first kappa shape index (κ1) is 25.6. The van der Waals surface area contributed by atoms with E-state index in [0.29, 0.717) is 29.8 Å². The highest BCUT2D eigenvalue weighted by molar-refractivity contribution is 5.90. The largest absolute Gasteiger partial charge is 0.476 e. The highest BCUT2D eigenvalue weighted by atomic mass is 19.4. The number of alkyl halides is 3. The van der Waals surface area contributed by atoms with Crippen molar-refractivity contribution < 1.29 is 23.1 Å². The van der Waals surface area contributed by atoms with E-state index < -0.39 is 24.1 Å². The number of carbonyl (C=O) groups is 1. The van der Waals surface area contributed by atoms with Crippen molar-refractivity contribution in [2.45, 2.75) is 37.5 Å². The molecule has 9 heteroatoms. The maximum atomic E-state index is 13.5. The molecule has 6 rings (SSSR count). The average molecular weight is 543 g/mol. The van der Waals surface area contributed by atoms with Gasteiger partial charge in [-0.05, 0) is 29.5 Å². The number of halogens is 3. The summed E-state index contributed by atoms with van der Waals surface area (Å²) in [4.78, 5) is 11.8. The molecule has 5 aromatic rings. The lowest BCUT2D eigenvalue weighted by atomic mass is 9.69. The second-order valence-electron chi connectivity index (χ2n) is 9.94. The van der Waals surface area contributed by atoms with E-state index in [-0.39, 0.29) is 17.8 Å². The van der Waals surface area contributed by atoms with Crippen LogP contribution in [0.5, 0.6) is 0 Å². The van der Waals surface area contributed by atoms with Crippen molar-refractivity contribution in [3.63, 3.8) is 0 Å². The number of carboxylic acid groups (broad SMARTS) is 1. The number of fused-ring (bicyclic) bond motifs is 3. The Morgan fingerprint density at radius 2 is 1.30 bits per heavy atom. The maximum absolute atomic E-state index is 13.5. The molecule has 0 unspecified atom stereocenters. The Hall–Kier alpha value is -4.66. The van der Waals surface area contributed by atoms with Gasteiger partial charge >= 0.3 is 12.1 Å². The van der Waals surface area contributed by atoms with Crippen molar-refractivity contribution in [2.24, 2.45) is 0 Å². The van der Waals surface area contributed by atoms with Crippen molar-refractivity contribution in [2.75, 3.05) is 0 Å². The molecule has 2 aromatic heterocycles. The minimum atomic E-state index is -4.56. The molecule has 0 spiro atoms. The summed E-state index contributed by atoms with van der Waals surface area (Å²) in [7, 11) is 0. The zero-order valence-electron chi connectivity index (χ0n) is 21.3. The predicted octanol–water partition coefficient (Wildman–Crippen LogP) is 6.14. The van der Waals surface area contributed by atoms with Crippen LogP contribution in [0.15, 0.2) is 97.2 Å². The van der Waals surface area contributed by atoms with Crippen LogP contribution >= 0.6 is 0 Å². The molecule has 0 saturated carbocycles. The van der Waals surface area contributed by atoms with Gasteiger partial charge in [0, 0.05) is 17.3 Å². The van der Waals surface area contributed by atoms with Gasteiger partial charge in [0.2, 0.25) is 0 Å². The smallest absolute Gasteiger partial charge is 0.408 e. The van der Waals surface area contributed by atoms with Gasteiger partial charge < -0.3 is 5.11 Å². The van der Waals surface area contributed by atoms with Crippen LogP contribution in [-0.4, -0.2) is 36.8 Å². The van der Waals surface area contributed by atoms with Crippen molar-refractivity contribution in [1.82, 2.24) is 19.6 Å². The quantitative estimate of drug-likeness (QED) is 0.251. The molecule has 6 nitrogen and oxygen atoms in total. The van der Waals surface area contributed by atoms with E-state index in [0.717, 1.165) is 21.4 Å². The number of carboxylic acids is 1. The molecule has 0 saturated heterocycles. The second-order valence-corrected chi connectivity index (χ2v) is 9.94. The number of hydrogen-bond acceptors (Lipinski definition) is 3. The number of benzene rings is 3. The Labute approximate surface area is 228 Å². The Kier molecular flexibility index (Phi) is 6.29. The third-order valence-corrected chi connectivity index (χ3v) is 7.49. The van der Waals surface area contributed by atoms with Gasteiger partial charge in [0.05, 0.1) is 23.3 Å². The molecule has 0 radical (unpaired) electrons. The Morgan fingerprint density at radius 1 is 0.775 bits per heavy atom. The number of rotatable bonds is 7. The van der Waals surface area contributed by atoms with E-state index in [1.807, 2.05) is 54.6 Å². The normalized spacial score (nSPS) is 13.1. The van der Waals surface area contributed by atoms with Gasteiger partial charge in [-0.2, -0.15) is 23.4 Å². The molecule has 0 amide bonds. The van der Waals surface area contributed by atoms with Crippen LogP contribution in [0.25, 0.3) is 11.3 Å². The first-order chi connectivity index (χ1) is 19.3. The summed E-state index contributed by atoms with van der Waals surface area (Å²) >= 11 is 0. The summed E-state index contributed by atoms with van der Waals surface area (Å²) < 4.78 is 42.9. The molecule has 40 heavy (non-hydrogen) atoms. The van der Waals surface area contributed by atoms with Crippen molar-refractivity contribution >= 4 is 5.97 Å². The lowest BCUT2D eigenvalue weighted by Crippen LogP contribution is -2.34. The van der Waals surface area contributed by atoms with Crippen LogP contribution < -0.4 is 0 Å². The summed E-state index contributed by atoms with van der Waals surface area (Å²) in [6.07, 6.45) is -2.17. The monoisotopic (exact) mass is 542 g/mol. The Bertz CT molecular complexity index is 1560. The Morgan fingerprint density at radius 3 is 1.77 bits per heavy atom. The molecule has 0 bridgehead atoms. The molecule has 0 fully saturated rings. The average Bonchev–Trinajstić information content (AvgIpc) is 3.53. The molecule has 2 heterocycles. The molecule has 1 aliphatic carbocycles. The summed E-state index contributed by atoms with van der Waals surface area (Å²) in [5.41, 5.74) is 3.69. The molecule has 0 aliphatic heterocycles. The zero-order chi connectivity index (χ0) is 27.9. The van der Waals surface area contributed by atoms with Gasteiger partial charge in [-0.25, -0.2) is 4.79 Å². The first-order valence-corrected chi connectivity index (χ1v) is 12.9. The standard InChI is InChI=1S/C31H25F3N4O2/c32-31(33,34)20-38-28-24(27(36-38)29(39)40)16-17-26-25(28)18-37(35-26)19-30(21-10-4-1-5-11-21,22-12-6-2-7-13-22)23-14-8-3-9-15-23/h1-15,18H,16-17,19-20H2,(H,39,40). The summed E-state index contributed by atoms with van der Waals surface area (Å²) in [6.45, 7) is -1.01. The minimum Gasteiger partial charge on any atom is -0.476 e. The number of aryl methyl sites for hydroxylation is 1. The van der Waals surface area contributed by atoms with E-state index in [2.05, 4.69) is 41.5 Å².